The summed E-state index contributed by atoms with van der Waals surface area (Å²) in [7, 11) is 3.43. The summed E-state index contributed by atoms with van der Waals surface area (Å²) in [4.78, 5) is 17.5. The van der Waals surface area contributed by atoms with Crippen LogP contribution in [0.2, 0.25) is 0 Å². The largest absolute Gasteiger partial charge is 0.488 e. The van der Waals surface area contributed by atoms with Crippen LogP contribution < -0.4 is 4.74 Å². The third-order valence-corrected chi connectivity index (χ3v) is 2.52. The molecule has 0 bridgehead atoms. The highest BCUT2D eigenvalue weighted by Crippen LogP contribution is 2.31. The van der Waals surface area contributed by atoms with Crippen LogP contribution in [0.3, 0.4) is 0 Å². The van der Waals surface area contributed by atoms with Gasteiger partial charge in [0.25, 0.3) is 5.91 Å². The molecule has 0 N–H and O–H groups in total. The Morgan fingerprint density at radius 3 is 2.75 bits per heavy atom. The van der Waals surface area contributed by atoms with Gasteiger partial charge in [-0.05, 0) is 31.4 Å². The van der Waals surface area contributed by atoms with Gasteiger partial charge in [-0.25, -0.2) is 4.98 Å². The maximum absolute atomic E-state index is 11.9. The van der Waals surface area contributed by atoms with E-state index in [-0.39, 0.29) is 12.0 Å². The number of hydrogen-bond acceptors (Lipinski definition) is 3. The molecule has 4 heteroatoms. The van der Waals surface area contributed by atoms with Crippen molar-refractivity contribution in [2.45, 2.75) is 25.9 Å². The Hall–Kier alpha value is -1.58. The van der Waals surface area contributed by atoms with Gasteiger partial charge in [0.05, 0.1) is 6.10 Å². The first-order valence-electron chi connectivity index (χ1n) is 5.43. The molecule has 1 aliphatic carbocycles. The zero-order valence-electron chi connectivity index (χ0n) is 9.86. The molecular weight excluding hydrogens is 204 g/mol. The lowest BCUT2D eigenvalue weighted by Gasteiger charge is -2.15. The molecule has 2 rings (SSSR count). The van der Waals surface area contributed by atoms with E-state index in [0.717, 1.165) is 18.4 Å². The highest BCUT2D eigenvalue weighted by molar-refractivity contribution is 5.95. The van der Waals surface area contributed by atoms with Gasteiger partial charge >= 0.3 is 0 Å². The first kappa shape index (κ1) is 10.9. The molecule has 1 aromatic rings. The number of nitrogens with zero attached hydrogens (tertiary/aromatic N) is 2. The molecule has 1 aromatic heterocycles. The molecule has 1 amide bonds. The van der Waals surface area contributed by atoms with Crippen LogP contribution in [0, 0.1) is 6.92 Å². The van der Waals surface area contributed by atoms with E-state index in [1.807, 2.05) is 13.0 Å². The van der Waals surface area contributed by atoms with E-state index in [4.69, 9.17) is 4.74 Å². The maximum atomic E-state index is 11.9. The fourth-order valence-electron chi connectivity index (χ4n) is 1.41. The van der Waals surface area contributed by atoms with Crippen LogP contribution >= 0.6 is 0 Å². The number of ether oxygens (including phenoxy) is 1. The summed E-state index contributed by atoms with van der Waals surface area (Å²) in [5, 5.41) is 0. The van der Waals surface area contributed by atoms with Crippen molar-refractivity contribution in [1.29, 1.82) is 0 Å². The molecule has 0 aromatic carbocycles. The Kier molecular flexibility index (Phi) is 2.81. The fraction of sp³-hybridized carbons (Fsp3) is 0.500. The second-order valence-electron chi connectivity index (χ2n) is 4.32. The van der Waals surface area contributed by atoms with Crippen molar-refractivity contribution in [1.82, 2.24) is 9.88 Å². The van der Waals surface area contributed by atoms with Gasteiger partial charge in [-0.3, -0.25) is 4.79 Å². The molecular formula is C12H16N2O2. The second kappa shape index (κ2) is 4.12. The summed E-state index contributed by atoms with van der Waals surface area (Å²) in [6, 6.07) is 1.87. The average molecular weight is 220 g/mol. The van der Waals surface area contributed by atoms with E-state index in [1.165, 1.54) is 4.90 Å². The lowest BCUT2D eigenvalue weighted by molar-refractivity contribution is 0.0816. The summed E-state index contributed by atoms with van der Waals surface area (Å²) in [6.45, 7) is 1.94. The molecule has 16 heavy (non-hydrogen) atoms. The van der Waals surface area contributed by atoms with E-state index in [1.54, 1.807) is 20.3 Å². The van der Waals surface area contributed by atoms with Gasteiger partial charge in [-0.15, -0.1) is 0 Å². The van der Waals surface area contributed by atoms with Crippen LogP contribution in [-0.4, -0.2) is 36.0 Å². The van der Waals surface area contributed by atoms with Gasteiger partial charge in [0.2, 0.25) is 0 Å². The van der Waals surface area contributed by atoms with Crippen molar-refractivity contribution in [3.8, 4) is 5.75 Å². The topological polar surface area (TPSA) is 42.4 Å². The minimum Gasteiger partial charge on any atom is -0.488 e. The zero-order valence-corrected chi connectivity index (χ0v) is 9.86. The summed E-state index contributed by atoms with van der Waals surface area (Å²) in [5.74, 6) is 0.531. The summed E-state index contributed by atoms with van der Waals surface area (Å²) < 4.78 is 5.75. The number of aromatic nitrogens is 1. The SMILES string of the molecule is Cc1ccnc(C(=O)N(C)C)c1OC1CC1. The number of aryl methyl sites for hydroxylation is 1. The van der Waals surface area contributed by atoms with E-state index in [9.17, 15) is 4.79 Å². The third-order valence-electron chi connectivity index (χ3n) is 2.52. The van der Waals surface area contributed by atoms with Gasteiger partial charge in [0.15, 0.2) is 11.4 Å². The van der Waals surface area contributed by atoms with Gasteiger partial charge in [0.1, 0.15) is 0 Å². The molecule has 0 aliphatic heterocycles. The molecule has 86 valence electrons. The van der Waals surface area contributed by atoms with Gasteiger partial charge < -0.3 is 9.64 Å². The Morgan fingerprint density at radius 1 is 1.50 bits per heavy atom. The lowest BCUT2D eigenvalue weighted by atomic mass is 10.2. The fourth-order valence-corrected chi connectivity index (χ4v) is 1.41. The maximum Gasteiger partial charge on any atom is 0.275 e. The highest BCUT2D eigenvalue weighted by atomic mass is 16.5. The Bertz CT molecular complexity index is 411. The van der Waals surface area contributed by atoms with Gasteiger partial charge in [0, 0.05) is 20.3 Å². The zero-order chi connectivity index (χ0) is 11.7. The number of carbonyl (C=O) groups excluding carboxylic acids is 1. The van der Waals surface area contributed by atoms with Crippen molar-refractivity contribution < 1.29 is 9.53 Å². The van der Waals surface area contributed by atoms with Crippen molar-refractivity contribution >= 4 is 5.91 Å². The van der Waals surface area contributed by atoms with Crippen LogP contribution in [-0.2, 0) is 0 Å². The number of amides is 1. The molecule has 1 fully saturated rings. The van der Waals surface area contributed by atoms with Crippen molar-refractivity contribution in [2.24, 2.45) is 0 Å². The first-order valence-corrected chi connectivity index (χ1v) is 5.43. The number of rotatable bonds is 3. The van der Waals surface area contributed by atoms with Crippen LogP contribution in [0.1, 0.15) is 28.9 Å². The van der Waals surface area contributed by atoms with Gasteiger partial charge in [-0.2, -0.15) is 0 Å². The predicted molar refractivity (Wildman–Crippen MR) is 60.6 cm³/mol. The summed E-state index contributed by atoms with van der Waals surface area (Å²) in [6.07, 6.45) is 4.07. The van der Waals surface area contributed by atoms with E-state index in [2.05, 4.69) is 4.98 Å². The molecule has 0 spiro atoms. The molecule has 1 heterocycles. The average Bonchev–Trinajstić information content (AvgIpc) is 3.03. The van der Waals surface area contributed by atoms with Crippen LogP contribution in [0.25, 0.3) is 0 Å². The monoisotopic (exact) mass is 220 g/mol. The predicted octanol–water partition coefficient (Wildman–Crippen LogP) is 1.63. The molecule has 1 saturated carbocycles. The Labute approximate surface area is 95.2 Å². The Morgan fingerprint density at radius 2 is 2.19 bits per heavy atom. The smallest absolute Gasteiger partial charge is 0.275 e. The quantitative estimate of drug-likeness (QED) is 0.777. The van der Waals surface area contributed by atoms with Crippen LogP contribution in [0.15, 0.2) is 12.3 Å². The van der Waals surface area contributed by atoms with E-state index < -0.39 is 0 Å². The second-order valence-corrected chi connectivity index (χ2v) is 4.32. The van der Waals surface area contributed by atoms with Crippen molar-refractivity contribution in [3.63, 3.8) is 0 Å². The van der Waals surface area contributed by atoms with Crippen molar-refractivity contribution in [2.75, 3.05) is 14.1 Å². The van der Waals surface area contributed by atoms with Crippen LogP contribution in [0.5, 0.6) is 5.75 Å². The van der Waals surface area contributed by atoms with E-state index >= 15 is 0 Å². The summed E-state index contributed by atoms with van der Waals surface area (Å²) >= 11 is 0. The van der Waals surface area contributed by atoms with Gasteiger partial charge in [-0.1, -0.05) is 0 Å². The first-order chi connectivity index (χ1) is 7.59. The highest BCUT2D eigenvalue weighted by Gasteiger charge is 2.27. The minimum atomic E-state index is -0.112. The number of hydrogen-bond donors (Lipinski definition) is 0. The lowest BCUT2D eigenvalue weighted by Crippen LogP contribution is -2.24. The third kappa shape index (κ3) is 2.15. The standard InChI is InChI=1S/C12H16N2O2/c1-8-6-7-13-10(12(15)14(2)3)11(8)16-9-4-5-9/h6-7,9H,4-5H2,1-3H3. The minimum absolute atomic E-state index is 0.112. The molecule has 4 nitrogen and oxygen atoms in total. The molecule has 0 radical (unpaired) electrons. The van der Waals surface area contributed by atoms with Crippen molar-refractivity contribution in [3.05, 3.63) is 23.5 Å². The summed E-state index contributed by atoms with van der Waals surface area (Å²) in [5.41, 5.74) is 1.38. The molecule has 0 unspecified atom stereocenters. The Balaban J connectivity index is 2.34. The van der Waals surface area contributed by atoms with Crippen LogP contribution in [0.4, 0.5) is 0 Å². The number of pyridine rings is 1. The van der Waals surface area contributed by atoms with E-state index in [0.29, 0.717) is 11.4 Å². The normalized spacial score (nSPS) is 14.7. The molecule has 1 aliphatic rings. The molecule has 0 atom stereocenters. The molecule has 0 saturated heterocycles. The number of carbonyl (C=O) groups is 1.